The molecule has 0 saturated carbocycles. The number of rotatable bonds is 4. The van der Waals surface area contributed by atoms with Gasteiger partial charge in [-0.1, -0.05) is 37.1 Å². The minimum Gasteiger partial charge on any atom is -0.322 e. The lowest BCUT2D eigenvalue weighted by Gasteiger charge is -2.06. The van der Waals surface area contributed by atoms with E-state index in [0.717, 1.165) is 18.5 Å². The molecule has 0 aliphatic carbocycles. The Morgan fingerprint density at radius 2 is 2.00 bits per heavy atom. The van der Waals surface area contributed by atoms with Gasteiger partial charge in [-0.2, -0.15) is 0 Å². The van der Waals surface area contributed by atoms with Gasteiger partial charge in [0.05, 0.1) is 0 Å². The van der Waals surface area contributed by atoms with E-state index in [4.69, 9.17) is 11.6 Å². The number of pyridine rings is 1. The molecule has 3 nitrogen and oxygen atoms in total. The average Bonchev–Trinajstić information content (AvgIpc) is 2.41. The normalized spacial score (nSPS) is 10.2. The lowest BCUT2D eigenvalue weighted by molar-refractivity contribution is 0.102. The van der Waals surface area contributed by atoms with Crippen LogP contribution < -0.4 is 5.32 Å². The summed E-state index contributed by atoms with van der Waals surface area (Å²) in [6, 6.07) is 11.0. The first-order chi connectivity index (χ1) is 9.19. The highest BCUT2D eigenvalue weighted by Gasteiger charge is 2.06. The first kappa shape index (κ1) is 13.6. The van der Waals surface area contributed by atoms with Crippen molar-refractivity contribution in [3.05, 3.63) is 58.9 Å². The minimum atomic E-state index is -0.187. The van der Waals surface area contributed by atoms with Crippen LogP contribution in [0.2, 0.25) is 5.15 Å². The van der Waals surface area contributed by atoms with Crippen LogP contribution in [0, 0.1) is 0 Å². The van der Waals surface area contributed by atoms with Crippen LogP contribution in [0.4, 0.5) is 5.69 Å². The topological polar surface area (TPSA) is 42.0 Å². The van der Waals surface area contributed by atoms with E-state index in [0.29, 0.717) is 10.7 Å². The van der Waals surface area contributed by atoms with E-state index in [-0.39, 0.29) is 5.91 Å². The fourth-order valence-corrected chi connectivity index (χ4v) is 1.96. The fraction of sp³-hybridized carbons (Fsp3) is 0.200. The monoisotopic (exact) mass is 274 g/mol. The van der Waals surface area contributed by atoms with Crippen molar-refractivity contribution in [1.82, 2.24) is 4.98 Å². The lowest BCUT2D eigenvalue weighted by atomic mass is 10.1. The molecule has 1 N–H and O–H groups in total. The number of aryl methyl sites for hydroxylation is 1. The number of benzene rings is 1. The number of anilines is 1. The standard InChI is InChI=1S/C15H15ClN2O/c1-2-3-11-4-6-13(7-5-11)18-15(19)12-8-9-17-14(16)10-12/h4-10H,2-3H2,1H3,(H,18,19). The zero-order chi connectivity index (χ0) is 13.7. The van der Waals surface area contributed by atoms with Gasteiger partial charge in [0.2, 0.25) is 0 Å². The van der Waals surface area contributed by atoms with Crippen LogP contribution in [0.3, 0.4) is 0 Å². The van der Waals surface area contributed by atoms with Crippen molar-refractivity contribution in [2.45, 2.75) is 19.8 Å². The summed E-state index contributed by atoms with van der Waals surface area (Å²) in [5, 5.41) is 3.14. The third-order valence-corrected chi connectivity index (χ3v) is 2.95. The van der Waals surface area contributed by atoms with Crippen LogP contribution in [-0.4, -0.2) is 10.9 Å². The van der Waals surface area contributed by atoms with Crippen LogP contribution in [0.25, 0.3) is 0 Å². The van der Waals surface area contributed by atoms with Crippen molar-refractivity contribution in [3.8, 4) is 0 Å². The summed E-state index contributed by atoms with van der Waals surface area (Å²) in [6.07, 6.45) is 3.68. The van der Waals surface area contributed by atoms with Crippen molar-refractivity contribution in [2.75, 3.05) is 5.32 Å². The smallest absolute Gasteiger partial charge is 0.255 e. The Bertz CT molecular complexity index is 567. The highest BCUT2D eigenvalue weighted by atomic mass is 35.5. The second kappa shape index (κ2) is 6.34. The molecule has 0 spiro atoms. The highest BCUT2D eigenvalue weighted by molar-refractivity contribution is 6.29. The Labute approximate surface area is 117 Å². The maximum atomic E-state index is 12.0. The quantitative estimate of drug-likeness (QED) is 0.858. The lowest BCUT2D eigenvalue weighted by Crippen LogP contribution is -2.11. The molecule has 0 unspecified atom stereocenters. The molecule has 1 aromatic heterocycles. The minimum absolute atomic E-state index is 0.187. The van der Waals surface area contributed by atoms with Crippen molar-refractivity contribution in [2.24, 2.45) is 0 Å². The molecule has 1 amide bonds. The van der Waals surface area contributed by atoms with E-state index in [2.05, 4.69) is 17.2 Å². The first-order valence-electron chi connectivity index (χ1n) is 6.21. The van der Waals surface area contributed by atoms with Gasteiger partial charge in [0.15, 0.2) is 0 Å². The van der Waals surface area contributed by atoms with Crippen LogP contribution in [0.15, 0.2) is 42.6 Å². The molecule has 0 aliphatic heterocycles. The third kappa shape index (κ3) is 3.80. The zero-order valence-corrected chi connectivity index (χ0v) is 11.4. The fourth-order valence-electron chi connectivity index (χ4n) is 1.79. The SMILES string of the molecule is CCCc1ccc(NC(=O)c2ccnc(Cl)c2)cc1. The molecule has 19 heavy (non-hydrogen) atoms. The molecule has 1 aromatic carbocycles. The summed E-state index contributed by atoms with van der Waals surface area (Å²) in [5.41, 5.74) is 2.54. The van der Waals surface area contributed by atoms with Gasteiger partial charge in [-0.3, -0.25) is 4.79 Å². The summed E-state index contributed by atoms with van der Waals surface area (Å²) in [6.45, 7) is 2.14. The molecule has 0 bridgehead atoms. The number of hydrogen-bond acceptors (Lipinski definition) is 2. The summed E-state index contributed by atoms with van der Waals surface area (Å²) < 4.78 is 0. The van der Waals surface area contributed by atoms with Crippen molar-refractivity contribution in [3.63, 3.8) is 0 Å². The maximum absolute atomic E-state index is 12.0. The summed E-state index contributed by atoms with van der Waals surface area (Å²) >= 11 is 5.76. The Kier molecular flexibility index (Phi) is 4.53. The van der Waals surface area contributed by atoms with E-state index in [1.165, 1.54) is 11.8 Å². The molecule has 2 aromatic rings. The average molecular weight is 275 g/mol. The summed E-state index contributed by atoms with van der Waals surface area (Å²) in [4.78, 5) is 15.8. The number of amides is 1. The van der Waals surface area contributed by atoms with Crippen LogP contribution in [-0.2, 0) is 6.42 Å². The largest absolute Gasteiger partial charge is 0.322 e. The van der Waals surface area contributed by atoms with Gasteiger partial charge < -0.3 is 5.32 Å². The van der Waals surface area contributed by atoms with Crippen LogP contribution in [0.1, 0.15) is 29.3 Å². The van der Waals surface area contributed by atoms with Gasteiger partial charge in [-0.25, -0.2) is 4.98 Å². The number of aromatic nitrogens is 1. The number of hydrogen-bond donors (Lipinski definition) is 1. The number of carbonyl (C=O) groups excluding carboxylic acids is 1. The van der Waals surface area contributed by atoms with Gasteiger partial charge in [0, 0.05) is 17.4 Å². The Hall–Kier alpha value is -1.87. The second-order valence-electron chi connectivity index (χ2n) is 4.27. The summed E-state index contributed by atoms with van der Waals surface area (Å²) in [7, 11) is 0. The third-order valence-electron chi connectivity index (χ3n) is 2.74. The first-order valence-corrected chi connectivity index (χ1v) is 6.58. The van der Waals surface area contributed by atoms with E-state index in [1.54, 1.807) is 12.1 Å². The molecule has 98 valence electrons. The number of nitrogens with one attached hydrogen (secondary N) is 1. The molecular formula is C15H15ClN2O. The molecule has 2 rings (SSSR count). The van der Waals surface area contributed by atoms with Gasteiger partial charge in [0.25, 0.3) is 5.91 Å². The van der Waals surface area contributed by atoms with E-state index in [9.17, 15) is 4.79 Å². The van der Waals surface area contributed by atoms with E-state index < -0.39 is 0 Å². The molecular weight excluding hydrogens is 260 g/mol. The number of nitrogens with zero attached hydrogens (tertiary/aromatic N) is 1. The Morgan fingerprint density at radius 1 is 1.26 bits per heavy atom. The molecule has 0 atom stereocenters. The van der Waals surface area contributed by atoms with Crippen molar-refractivity contribution < 1.29 is 4.79 Å². The molecule has 0 fully saturated rings. The number of carbonyl (C=O) groups is 1. The number of halogens is 1. The predicted octanol–water partition coefficient (Wildman–Crippen LogP) is 3.94. The zero-order valence-electron chi connectivity index (χ0n) is 10.7. The molecule has 4 heteroatoms. The Balaban J connectivity index is 2.06. The molecule has 1 heterocycles. The van der Waals surface area contributed by atoms with Gasteiger partial charge in [-0.15, -0.1) is 0 Å². The van der Waals surface area contributed by atoms with Gasteiger partial charge >= 0.3 is 0 Å². The van der Waals surface area contributed by atoms with E-state index >= 15 is 0 Å². The van der Waals surface area contributed by atoms with Crippen LogP contribution in [0.5, 0.6) is 0 Å². The Morgan fingerprint density at radius 3 is 2.63 bits per heavy atom. The maximum Gasteiger partial charge on any atom is 0.255 e. The second-order valence-corrected chi connectivity index (χ2v) is 4.66. The highest BCUT2D eigenvalue weighted by Crippen LogP contribution is 2.13. The molecule has 0 saturated heterocycles. The van der Waals surface area contributed by atoms with Crippen LogP contribution >= 0.6 is 11.6 Å². The molecule has 0 aliphatic rings. The van der Waals surface area contributed by atoms with Crippen molar-refractivity contribution >= 4 is 23.2 Å². The predicted molar refractivity (Wildman–Crippen MR) is 77.6 cm³/mol. The van der Waals surface area contributed by atoms with Gasteiger partial charge in [0.1, 0.15) is 5.15 Å². The molecule has 0 radical (unpaired) electrons. The van der Waals surface area contributed by atoms with E-state index in [1.807, 2.05) is 24.3 Å². The van der Waals surface area contributed by atoms with Gasteiger partial charge in [-0.05, 0) is 36.2 Å². The summed E-state index contributed by atoms with van der Waals surface area (Å²) in [5.74, 6) is -0.187. The van der Waals surface area contributed by atoms with Crippen molar-refractivity contribution in [1.29, 1.82) is 0 Å².